The van der Waals surface area contributed by atoms with Crippen molar-refractivity contribution < 1.29 is 14.6 Å². The van der Waals surface area contributed by atoms with Gasteiger partial charge in [-0.2, -0.15) is 0 Å². The van der Waals surface area contributed by atoms with Gasteiger partial charge < -0.3 is 21.3 Å². The lowest BCUT2D eigenvalue weighted by molar-refractivity contribution is 0.103. The summed E-state index contributed by atoms with van der Waals surface area (Å²) in [6.45, 7) is 0. The molecule has 0 bridgehead atoms. The first-order valence-corrected chi connectivity index (χ1v) is 9.81. The van der Waals surface area contributed by atoms with Crippen LogP contribution in [0, 0.1) is 0 Å². The molecule has 1 atom stereocenters. The minimum atomic E-state index is -0.742. The van der Waals surface area contributed by atoms with E-state index in [1.54, 1.807) is 84.9 Å². The van der Waals surface area contributed by atoms with Crippen molar-refractivity contribution in [3.05, 3.63) is 119 Å². The zero-order valence-electron chi connectivity index (χ0n) is 16.7. The number of ketones is 1. The molecule has 5 nitrogen and oxygen atoms in total. The number of nitrogen functional groups attached to an aromatic ring is 2. The highest BCUT2D eigenvalue weighted by Crippen LogP contribution is 2.27. The van der Waals surface area contributed by atoms with Gasteiger partial charge in [0.15, 0.2) is 5.78 Å². The first-order chi connectivity index (χ1) is 15.0. The van der Waals surface area contributed by atoms with E-state index in [0.717, 1.165) is 11.1 Å². The molecule has 4 rings (SSSR count). The number of rotatable bonds is 6. The molecule has 0 aliphatic heterocycles. The molecule has 1 unspecified atom stereocenters. The molecule has 0 aliphatic carbocycles. The minimum Gasteiger partial charge on any atom is -0.457 e. The summed E-state index contributed by atoms with van der Waals surface area (Å²) in [6, 6.07) is 28.1. The summed E-state index contributed by atoms with van der Waals surface area (Å²) in [4.78, 5) is 12.6. The summed E-state index contributed by atoms with van der Waals surface area (Å²) in [5.41, 5.74) is 15.3. The van der Waals surface area contributed by atoms with Crippen molar-refractivity contribution in [1.29, 1.82) is 0 Å². The fourth-order valence-electron chi connectivity index (χ4n) is 3.20. The molecule has 0 saturated heterocycles. The third kappa shape index (κ3) is 4.74. The number of aliphatic hydroxyl groups is 1. The van der Waals surface area contributed by atoms with Gasteiger partial charge in [0, 0.05) is 22.5 Å². The molecule has 4 aromatic carbocycles. The highest BCUT2D eigenvalue weighted by molar-refractivity contribution is 6.09. The number of carbonyl (C=O) groups excluding carboxylic acids is 1. The zero-order chi connectivity index (χ0) is 21.8. The largest absolute Gasteiger partial charge is 0.457 e. The molecule has 4 aromatic rings. The maximum Gasteiger partial charge on any atom is 0.193 e. The standard InChI is InChI=1S/C26H22N2O3/c27-21-9-1-17(2-10-21)25(29)19-5-13-23(14-6-19)31-24-15-7-20(8-16-24)26(30)18-3-11-22(28)12-4-18/h1-16,25,29H,27-28H2. The molecule has 5 N–H and O–H groups in total. The predicted molar refractivity (Wildman–Crippen MR) is 122 cm³/mol. The van der Waals surface area contributed by atoms with Crippen LogP contribution in [0.3, 0.4) is 0 Å². The summed E-state index contributed by atoms with van der Waals surface area (Å²) in [5.74, 6) is 1.17. The average Bonchev–Trinajstić information content (AvgIpc) is 2.80. The van der Waals surface area contributed by atoms with E-state index in [1.165, 1.54) is 0 Å². The topological polar surface area (TPSA) is 98.6 Å². The first kappa shape index (κ1) is 20.2. The fraction of sp³-hybridized carbons (Fsp3) is 0.0385. The Bertz CT molecular complexity index is 1170. The predicted octanol–water partition coefficient (Wildman–Crippen LogP) is 4.96. The van der Waals surface area contributed by atoms with Gasteiger partial charge in [-0.25, -0.2) is 0 Å². The number of carbonyl (C=O) groups is 1. The second-order valence-corrected chi connectivity index (χ2v) is 7.22. The monoisotopic (exact) mass is 410 g/mol. The van der Waals surface area contributed by atoms with E-state index in [4.69, 9.17) is 16.2 Å². The van der Waals surface area contributed by atoms with E-state index in [1.807, 2.05) is 12.1 Å². The van der Waals surface area contributed by atoms with Gasteiger partial charge in [0.05, 0.1) is 0 Å². The van der Waals surface area contributed by atoms with Gasteiger partial charge in [-0.15, -0.1) is 0 Å². The Morgan fingerprint density at radius 3 is 1.45 bits per heavy atom. The van der Waals surface area contributed by atoms with Crippen LogP contribution in [0.2, 0.25) is 0 Å². The molecule has 0 radical (unpaired) electrons. The van der Waals surface area contributed by atoms with Crippen molar-refractivity contribution in [2.45, 2.75) is 6.10 Å². The van der Waals surface area contributed by atoms with Crippen LogP contribution in [-0.2, 0) is 0 Å². The Kier molecular flexibility index (Phi) is 5.69. The molecule has 0 fully saturated rings. The third-order valence-corrected chi connectivity index (χ3v) is 4.97. The first-order valence-electron chi connectivity index (χ1n) is 9.81. The van der Waals surface area contributed by atoms with E-state index in [-0.39, 0.29) is 5.78 Å². The molecular formula is C26H22N2O3. The highest BCUT2D eigenvalue weighted by Gasteiger charge is 2.11. The Hall–Kier alpha value is -4.09. The molecule has 5 heteroatoms. The second kappa shape index (κ2) is 8.73. The van der Waals surface area contributed by atoms with Gasteiger partial charge in [0.2, 0.25) is 0 Å². The van der Waals surface area contributed by atoms with Crippen molar-refractivity contribution in [3.8, 4) is 11.5 Å². The molecule has 0 heterocycles. The van der Waals surface area contributed by atoms with Crippen LogP contribution in [0.5, 0.6) is 11.5 Å². The lowest BCUT2D eigenvalue weighted by Gasteiger charge is -2.13. The average molecular weight is 410 g/mol. The van der Waals surface area contributed by atoms with Gasteiger partial charge in [-0.3, -0.25) is 4.79 Å². The van der Waals surface area contributed by atoms with Crippen LogP contribution in [0.4, 0.5) is 11.4 Å². The quantitative estimate of drug-likeness (QED) is 0.308. The smallest absolute Gasteiger partial charge is 0.193 e. The van der Waals surface area contributed by atoms with Crippen LogP contribution in [0.15, 0.2) is 97.1 Å². The van der Waals surface area contributed by atoms with Crippen molar-refractivity contribution in [3.63, 3.8) is 0 Å². The van der Waals surface area contributed by atoms with Crippen LogP contribution in [0.25, 0.3) is 0 Å². The maximum atomic E-state index is 12.6. The number of nitrogens with two attached hydrogens (primary N) is 2. The number of benzene rings is 4. The molecular weight excluding hydrogens is 388 g/mol. The van der Waals surface area contributed by atoms with E-state index in [9.17, 15) is 9.90 Å². The number of aliphatic hydroxyl groups excluding tert-OH is 1. The van der Waals surface area contributed by atoms with Gasteiger partial charge in [0.1, 0.15) is 17.6 Å². The molecule has 0 spiro atoms. The number of anilines is 2. The highest BCUT2D eigenvalue weighted by atomic mass is 16.5. The van der Waals surface area contributed by atoms with Crippen LogP contribution in [0.1, 0.15) is 33.2 Å². The summed E-state index contributed by atoms with van der Waals surface area (Å²) in [5, 5.41) is 10.5. The molecule has 0 saturated carbocycles. The summed E-state index contributed by atoms with van der Waals surface area (Å²) in [6.07, 6.45) is -0.742. The maximum absolute atomic E-state index is 12.6. The van der Waals surface area contributed by atoms with Crippen LogP contribution >= 0.6 is 0 Å². The Labute approximate surface area is 180 Å². The van der Waals surface area contributed by atoms with Crippen molar-refractivity contribution in [2.75, 3.05) is 11.5 Å². The Balaban J connectivity index is 1.42. The molecule has 31 heavy (non-hydrogen) atoms. The number of hydrogen-bond donors (Lipinski definition) is 3. The van der Waals surface area contributed by atoms with E-state index in [2.05, 4.69) is 0 Å². The van der Waals surface area contributed by atoms with Crippen LogP contribution in [-0.4, -0.2) is 10.9 Å². The van der Waals surface area contributed by atoms with E-state index in [0.29, 0.717) is 34.0 Å². The number of ether oxygens (including phenoxy) is 1. The second-order valence-electron chi connectivity index (χ2n) is 7.22. The fourth-order valence-corrected chi connectivity index (χ4v) is 3.20. The van der Waals surface area contributed by atoms with Gasteiger partial charge in [0.25, 0.3) is 0 Å². The van der Waals surface area contributed by atoms with Crippen LogP contribution < -0.4 is 16.2 Å². The SMILES string of the molecule is Nc1ccc(C(=O)c2ccc(Oc3ccc(C(O)c4ccc(N)cc4)cc3)cc2)cc1. The van der Waals surface area contributed by atoms with Gasteiger partial charge in [-0.1, -0.05) is 24.3 Å². The van der Waals surface area contributed by atoms with Crippen molar-refractivity contribution >= 4 is 17.2 Å². The molecule has 0 aliphatic rings. The zero-order valence-corrected chi connectivity index (χ0v) is 16.7. The van der Waals surface area contributed by atoms with Gasteiger partial charge >= 0.3 is 0 Å². The lowest BCUT2D eigenvalue weighted by Crippen LogP contribution is -2.01. The Morgan fingerprint density at radius 1 is 0.613 bits per heavy atom. The number of hydrogen-bond acceptors (Lipinski definition) is 5. The molecule has 0 aromatic heterocycles. The summed E-state index contributed by atoms with van der Waals surface area (Å²) >= 11 is 0. The minimum absolute atomic E-state index is 0.0763. The Morgan fingerprint density at radius 2 is 0.968 bits per heavy atom. The third-order valence-electron chi connectivity index (χ3n) is 4.97. The van der Waals surface area contributed by atoms with Crippen molar-refractivity contribution in [1.82, 2.24) is 0 Å². The van der Waals surface area contributed by atoms with E-state index >= 15 is 0 Å². The van der Waals surface area contributed by atoms with E-state index < -0.39 is 6.10 Å². The summed E-state index contributed by atoms with van der Waals surface area (Å²) in [7, 11) is 0. The normalized spacial score (nSPS) is 11.6. The molecule has 154 valence electrons. The lowest BCUT2D eigenvalue weighted by atomic mass is 10.0. The van der Waals surface area contributed by atoms with Crippen molar-refractivity contribution in [2.24, 2.45) is 0 Å². The molecule has 0 amide bonds. The summed E-state index contributed by atoms with van der Waals surface area (Å²) < 4.78 is 5.86. The van der Waals surface area contributed by atoms with Gasteiger partial charge in [-0.05, 0) is 83.9 Å².